The number of hydrogen-bond donors (Lipinski definition) is 2. The van der Waals surface area contributed by atoms with E-state index >= 15 is 0 Å². The van der Waals surface area contributed by atoms with Crippen LogP contribution >= 0.6 is 11.8 Å². The van der Waals surface area contributed by atoms with E-state index < -0.39 is 0 Å². The average Bonchev–Trinajstić information content (AvgIpc) is 2.32. The van der Waals surface area contributed by atoms with Crippen LogP contribution in [0.3, 0.4) is 0 Å². The maximum atomic E-state index is 9.22. The summed E-state index contributed by atoms with van der Waals surface area (Å²) in [7, 11) is 0. The molecule has 3 nitrogen and oxygen atoms in total. The molecule has 0 aromatic carbocycles. The van der Waals surface area contributed by atoms with Crippen LogP contribution in [0.5, 0.6) is 0 Å². The zero-order valence-electron chi connectivity index (χ0n) is 11.0. The van der Waals surface area contributed by atoms with Gasteiger partial charge in [-0.3, -0.25) is 0 Å². The van der Waals surface area contributed by atoms with Gasteiger partial charge in [-0.2, -0.15) is 11.8 Å². The van der Waals surface area contributed by atoms with E-state index in [1.165, 1.54) is 0 Å². The average molecular weight is 248 g/mol. The molecule has 0 aromatic rings. The van der Waals surface area contributed by atoms with Gasteiger partial charge in [0.15, 0.2) is 0 Å². The Balaban J connectivity index is 3.53. The summed E-state index contributed by atoms with van der Waals surface area (Å²) in [6, 6.07) is 0.273. The van der Waals surface area contributed by atoms with E-state index in [1.807, 2.05) is 11.8 Å². The van der Waals surface area contributed by atoms with E-state index in [-0.39, 0.29) is 12.6 Å². The normalized spacial score (nSPS) is 13.3. The van der Waals surface area contributed by atoms with Crippen LogP contribution in [0.25, 0.3) is 0 Å². The Kier molecular flexibility index (Phi) is 11.9. The van der Waals surface area contributed by atoms with Gasteiger partial charge in [0.05, 0.1) is 6.61 Å². The van der Waals surface area contributed by atoms with Crippen molar-refractivity contribution >= 4 is 11.8 Å². The highest BCUT2D eigenvalue weighted by molar-refractivity contribution is 7.99. The lowest BCUT2D eigenvalue weighted by Gasteiger charge is -2.21. The first-order valence-corrected chi connectivity index (χ1v) is 7.58. The summed E-state index contributed by atoms with van der Waals surface area (Å²) in [5.74, 6) is 2.30. The summed E-state index contributed by atoms with van der Waals surface area (Å²) in [6.45, 7) is 11.1. The van der Waals surface area contributed by atoms with Gasteiger partial charge >= 0.3 is 0 Å². The highest BCUT2D eigenvalue weighted by atomic mass is 32.2. The smallest absolute Gasteiger partial charge is 0.0584 e. The molecule has 0 fully saturated rings. The molecule has 1 atom stereocenters. The molecule has 16 heavy (non-hydrogen) atoms. The Morgan fingerprint density at radius 3 is 2.44 bits per heavy atom. The van der Waals surface area contributed by atoms with Gasteiger partial charge in [-0.1, -0.05) is 20.8 Å². The van der Waals surface area contributed by atoms with Gasteiger partial charge in [0.1, 0.15) is 0 Å². The molecular weight excluding hydrogens is 220 g/mol. The van der Waals surface area contributed by atoms with Gasteiger partial charge in [-0.25, -0.2) is 0 Å². The van der Waals surface area contributed by atoms with Crippen LogP contribution in [0.2, 0.25) is 0 Å². The zero-order chi connectivity index (χ0) is 12.2. The van der Waals surface area contributed by atoms with Gasteiger partial charge in [-0.05, 0) is 31.0 Å². The molecule has 0 saturated carbocycles. The summed E-state index contributed by atoms with van der Waals surface area (Å²) in [6.07, 6.45) is 1.06. The molecule has 2 N–H and O–H groups in total. The molecule has 4 heteroatoms. The van der Waals surface area contributed by atoms with Crippen LogP contribution in [0.1, 0.15) is 27.2 Å². The van der Waals surface area contributed by atoms with E-state index in [1.54, 1.807) is 0 Å². The molecule has 0 spiro atoms. The number of thioether (sulfide) groups is 1. The molecule has 0 aromatic heterocycles. The Morgan fingerprint density at radius 2 is 1.94 bits per heavy atom. The molecule has 0 radical (unpaired) electrons. The molecule has 0 bridgehead atoms. The summed E-state index contributed by atoms with van der Waals surface area (Å²) >= 11 is 1.94. The Morgan fingerprint density at radius 1 is 1.25 bits per heavy atom. The minimum absolute atomic E-state index is 0.253. The van der Waals surface area contributed by atoms with Crippen molar-refractivity contribution < 1.29 is 5.11 Å². The molecule has 0 aliphatic heterocycles. The molecule has 0 heterocycles. The number of aliphatic hydroxyl groups is 1. The van der Waals surface area contributed by atoms with Crippen molar-refractivity contribution in [2.24, 2.45) is 0 Å². The highest BCUT2D eigenvalue weighted by Crippen LogP contribution is 2.03. The second-order valence-corrected chi connectivity index (χ2v) is 5.24. The molecule has 1 unspecified atom stereocenters. The largest absolute Gasteiger partial charge is 0.395 e. The molecule has 0 rings (SSSR count). The minimum Gasteiger partial charge on any atom is -0.395 e. The number of nitrogens with zero attached hydrogens (tertiary/aromatic N) is 1. The van der Waals surface area contributed by atoms with E-state index in [2.05, 4.69) is 31.0 Å². The van der Waals surface area contributed by atoms with Gasteiger partial charge in [-0.15, -0.1) is 0 Å². The van der Waals surface area contributed by atoms with Crippen LogP contribution in [-0.2, 0) is 0 Å². The van der Waals surface area contributed by atoms with Crippen molar-refractivity contribution in [1.82, 2.24) is 10.2 Å². The predicted molar refractivity (Wildman–Crippen MR) is 74.3 cm³/mol. The maximum absolute atomic E-state index is 9.22. The summed E-state index contributed by atoms with van der Waals surface area (Å²) in [4.78, 5) is 2.39. The lowest BCUT2D eigenvalue weighted by atomic mass is 10.2. The fourth-order valence-corrected chi connectivity index (χ4v) is 2.33. The molecule has 98 valence electrons. The first-order chi connectivity index (χ1) is 7.78. The number of nitrogens with one attached hydrogen (secondary N) is 1. The number of rotatable bonds is 11. The van der Waals surface area contributed by atoms with E-state index in [0.29, 0.717) is 0 Å². The van der Waals surface area contributed by atoms with Crippen LogP contribution in [0, 0.1) is 0 Å². The monoisotopic (exact) mass is 248 g/mol. The zero-order valence-corrected chi connectivity index (χ0v) is 11.9. The second kappa shape index (κ2) is 11.7. The third kappa shape index (κ3) is 8.39. The molecule has 0 aliphatic rings. The fraction of sp³-hybridized carbons (Fsp3) is 1.00. The number of likely N-dealkylation sites (N-methyl/N-ethyl adjacent to an activating group) is 1. The first kappa shape index (κ1) is 16.2. The standard InChI is InChI=1S/C12H28N2OS/c1-4-14(5-2)9-8-13-12(11-15)7-10-16-6-3/h12-13,15H,4-11H2,1-3H3. The second-order valence-electron chi connectivity index (χ2n) is 3.85. The lowest BCUT2D eigenvalue weighted by molar-refractivity contribution is 0.229. The molecule has 0 aliphatic carbocycles. The highest BCUT2D eigenvalue weighted by Gasteiger charge is 2.06. The number of aliphatic hydroxyl groups excluding tert-OH is 1. The van der Waals surface area contributed by atoms with Crippen molar-refractivity contribution in [2.45, 2.75) is 33.2 Å². The Hall–Kier alpha value is 0.230. The van der Waals surface area contributed by atoms with Crippen LogP contribution < -0.4 is 5.32 Å². The number of hydrogen-bond acceptors (Lipinski definition) is 4. The van der Waals surface area contributed by atoms with Gasteiger partial charge in [0, 0.05) is 19.1 Å². The van der Waals surface area contributed by atoms with E-state index in [9.17, 15) is 5.11 Å². The fourth-order valence-electron chi connectivity index (χ4n) is 1.59. The third-order valence-electron chi connectivity index (χ3n) is 2.79. The summed E-state index contributed by atoms with van der Waals surface area (Å²) in [5.41, 5.74) is 0. The Bertz CT molecular complexity index is 143. The quantitative estimate of drug-likeness (QED) is 0.542. The minimum atomic E-state index is 0.253. The van der Waals surface area contributed by atoms with E-state index in [4.69, 9.17) is 0 Å². The van der Waals surface area contributed by atoms with Crippen LogP contribution in [0.15, 0.2) is 0 Å². The third-order valence-corrected chi connectivity index (χ3v) is 3.72. The van der Waals surface area contributed by atoms with Crippen molar-refractivity contribution in [3.63, 3.8) is 0 Å². The predicted octanol–water partition coefficient (Wildman–Crippen LogP) is 1.42. The van der Waals surface area contributed by atoms with E-state index in [0.717, 1.165) is 44.1 Å². The van der Waals surface area contributed by atoms with Crippen molar-refractivity contribution in [3.8, 4) is 0 Å². The lowest BCUT2D eigenvalue weighted by Crippen LogP contribution is -2.39. The SMILES string of the molecule is CCSCCC(CO)NCCN(CC)CC. The molecular formula is C12H28N2OS. The maximum Gasteiger partial charge on any atom is 0.0584 e. The Labute approximate surface area is 105 Å². The summed E-state index contributed by atoms with van der Waals surface area (Å²) in [5, 5.41) is 12.6. The van der Waals surface area contributed by atoms with Crippen molar-refractivity contribution in [3.05, 3.63) is 0 Å². The van der Waals surface area contributed by atoms with Crippen LogP contribution in [-0.4, -0.2) is 60.3 Å². The first-order valence-electron chi connectivity index (χ1n) is 6.42. The van der Waals surface area contributed by atoms with Crippen molar-refractivity contribution in [2.75, 3.05) is 44.3 Å². The molecule has 0 amide bonds. The van der Waals surface area contributed by atoms with Gasteiger partial charge in [0.2, 0.25) is 0 Å². The van der Waals surface area contributed by atoms with Gasteiger partial charge in [0.25, 0.3) is 0 Å². The molecule has 0 saturated heterocycles. The topological polar surface area (TPSA) is 35.5 Å². The van der Waals surface area contributed by atoms with Crippen molar-refractivity contribution in [1.29, 1.82) is 0 Å². The summed E-state index contributed by atoms with van der Waals surface area (Å²) < 4.78 is 0. The van der Waals surface area contributed by atoms with Gasteiger partial charge < -0.3 is 15.3 Å². The van der Waals surface area contributed by atoms with Crippen LogP contribution in [0.4, 0.5) is 0 Å².